The molecule has 2 heterocycles. The average molecular weight is 235 g/mol. The molecule has 0 radical (unpaired) electrons. The summed E-state index contributed by atoms with van der Waals surface area (Å²) in [5.41, 5.74) is 6.33. The first-order valence-corrected chi connectivity index (χ1v) is 5.69. The molecule has 6 nitrogen and oxygen atoms in total. The Morgan fingerprint density at radius 3 is 2.82 bits per heavy atom. The van der Waals surface area contributed by atoms with Crippen LogP contribution in [0.5, 0.6) is 0 Å². The summed E-state index contributed by atoms with van der Waals surface area (Å²) < 4.78 is 1.66. The van der Waals surface area contributed by atoms with Gasteiger partial charge in [-0.2, -0.15) is 0 Å². The second-order valence-electron chi connectivity index (χ2n) is 4.79. The lowest BCUT2D eigenvalue weighted by Gasteiger charge is -2.25. The number of nitrogens with two attached hydrogens (primary N) is 1. The van der Waals surface area contributed by atoms with Gasteiger partial charge in [0, 0.05) is 5.54 Å². The Bertz CT molecular complexity index is 595. The van der Waals surface area contributed by atoms with E-state index in [1.165, 1.54) is 6.33 Å². The Labute approximate surface area is 98.9 Å². The fraction of sp³-hybridized carbons (Fsp3) is 0.545. The fourth-order valence-corrected chi connectivity index (χ4v) is 2.22. The second kappa shape index (κ2) is 3.87. The number of aromatic amines is 1. The first-order chi connectivity index (χ1) is 7.97. The third-order valence-electron chi connectivity index (χ3n) is 2.97. The van der Waals surface area contributed by atoms with Crippen LogP contribution in [0.3, 0.4) is 0 Å². The maximum atomic E-state index is 12.0. The van der Waals surface area contributed by atoms with Gasteiger partial charge in [-0.25, -0.2) is 14.8 Å². The smallest absolute Gasteiger partial charge is 0.328 e. The van der Waals surface area contributed by atoms with Crippen LogP contribution in [-0.4, -0.2) is 19.5 Å². The van der Waals surface area contributed by atoms with Crippen molar-refractivity contribution in [2.45, 2.75) is 39.2 Å². The molecule has 0 bridgehead atoms. The molecule has 0 amide bonds. The van der Waals surface area contributed by atoms with E-state index >= 15 is 0 Å². The highest BCUT2D eigenvalue weighted by molar-refractivity contribution is 5.81. The number of anilines is 1. The molecule has 2 rings (SSSR count). The van der Waals surface area contributed by atoms with Crippen LogP contribution in [0.4, 0.5) is 5.82 Å². The standard InChI is InChI=1S/C11H17N5O/c1-4-5-11(2,3)16-9-7(15-10(16)17)8(12)13-6-14-9/h6H,4-5H2,1-3H3,(H,15,17)(H2,12,13,14). The normalized spacial score (nSPS) is 12.2. The van der Waals surface area contributed by atoms with Crippen LogP contribution < -0.4 is 11.4 Å². The molecule has 0 aliphatic carbocycles. The summed E-state index contributed by atoms with van der Waals surface area (Å²) in [5.74, 6) is 0.304. The van der Waals surface area contributed by atoms with Gasteiger partial charge in [-0.1, -0.05) is 13.3 Å². The zero-order valence-electron chi connectivity index (χ0n) is 10.3. The van der Waals surface area contributed by atoms with Gasteiger partial charge < -0.3 is 10.7 Å². The van der Waals surface area contributed by atoms with E-state index in [0.29, 0.717) is 17.0 Å². The Morgan fingerprint density at radius 1 is 1.47 bits per heavy atom. The van der Waals surface area contributed by atoms with Gasteiger partial charge in [-0.05, 0) is 20.3 Å². The van der Waals surface area contributed by atoms with Gasteiger partial charge >= 0.3 is 5.69 Å². The number of imidazole rings is 1. The molecule has 0 aliphatic rings. The predicted molar refractivity (Wildman–Crippen MR) is 66.8 cm³/mol. The van der Waals surface area contributed by atoms with Crippen LogP contribution in [0, 0.1) is 0 Å². The molecule has 0 fully saturated rings. The van der Waals surface area contributed by atoms with E-state index in [1.807, 2.05) is 13.8 Å². The molecule has 92 valence electrons. The molecular weight excluding hydrogens is 218 g/mol. The van der Waals surface area contributed by atoms with Crippen molar-refractivity contribution in [3.63, 3.8) is 0 Å². The van der Waals surface area contributed by atoms with Gasteiger partial charge in [0.25, 0.3) is 0 Å². The van der Waals surface area contributed by atoms with Crippen LogP contribution in [-0.2, 0) is 5.54 Å². The van der Waals surface area contributed by atoms with Crippen LogP contribution in [0.25, 0.3) is 11.2 Å². The molecule has 0 saturated carbocycles. The van der Waals surface area contributed by atoms with E-state index in [0.717, 1.165) is 12.8 Å². The van der Waals surface area contributed by atoms with Crippen molar-refractivity contribution in [2.24, 2.45) is 0 Å². The summed E-state index contributed by atoms with van der Waals surface area (Å²) in [6.07, 6.45) is 3.26. The minimum absolute atomic E-state index is 0.189. The van der Waals surface area contributed by atoms with Crippen LogP contribution in [0.1, 0.15) is 33.6 Å². The quantitative estimate of drug-likeness (QED) is 0.837. The molecule has 0 aliphatic heterocycles. The largest absolute Gasteiger partial charge is 0.382 e. The third kappa shape index (κ3) is 1.79. The highest BCUT2D eigenvalue weighted by atomic mass is 16.1. The Kier molecular flexibility index (Phi) is 2.65. The van der Waals surface area contributed by atoms with E-state index in [4.69, 9.17) is 5.73 Å². The highest BCUT2D eigenvalue weighted by Gasteiger charge is 2.25. The number of nitrogen functional groups attached to an aromatic ring is 1. The zero-order chi connectivity index (χ0) is 12.6. The molecule has 0 atom stereocenters. The molecule has 0 saturated heterocycles. The summed E-state index contributed by atoms with van der Waals surface area (Å²) in [4.78, 5) is 22.7. The third-order valence-corrected chi connectivity index (χ3v) is 2.97. The lowest BCUT2D eigenvalue weighted by molar-refractivity contribution is 0.323. The van der Waals surface area contributed by atoms with Gasteiger partial charge in [-0.15, -0.1) is 0 Å². The maximum absolute atomic E-state index is 12.0. The monoisotopic (exact) mass is 235 g/mol. The molecule has 0 unspecified atom stereocenters. The highest BCUT2D eigenvalue weighted by Crippen LogP contribution is 2.24. The number of rotatable bonds is 3. The van der Waals surface area contributed by atoms with Gasteiger partial charge in [0.15, 0.2) is 11.5 Å². The molecule has 17 heavy (non-hydrogen) atoms. The Balaban J connectivity index is 2.74. The van der Waals surface area contributed by atoms with Crippen molar-refractivity contribution in [2.75, 3.05) is 5.73 Å². The van der Waals surface area contributed by atoms with Crippen molar-refractivity contribution in [1.29, 1.82) is 0 Å². The summed E-state index contributed by atoms with van der Waals surface area (Å²) in [5, 5.41) is 0. The minimum Gasteiger partial charge on any atom is -0.382 e. The molecule has 0 spiro atoms. The van der Waals surface area contributed by atoms with E-state index in [9.17, 15) is 4.79 Å². The lowest BCUT2D eigenvalue weighted by Crippen LogP contribution is -2.34. The van der Waals surface area contributed by atoms with Crippen LogP contribution >= 0.6 is 0 Å². The van der Waals surface area contributed by atoms with Gasteiger partial charge in [0.05, 0.1) is 0 Å². The van der Waals surface area contributed by atoms with Crippen molar-refractivity contribution in [3.8, 4) is 0 Å². The fourth-order valence-electron chi connectivity index (χ4n) is 2.22. The molecule has 0 aromatic carbocycles. The van der Waals surface area contributed by atoms with Crippen molar-refractivity contribution in [3.05, 3.63) is 16.8 Å². The number of H-pyrrole nitrogens is 1. The summed E-state index contributed by atoms with van der Waals surface area (Å²) >= 11 is 0. The zero-order valence-corrected chi connectivity index (χ0v) is 10.3. The van der Waals surface area contributed by atoms with E-state index in [2.05, 4.69) is 21.9 Å². The van der Waals surface area contributed by atoms with Gasteiger partial charge in [-0.3, -0.25) is 4.57 Å². The molecular formula is C11H17N5O. The number of fused-ring (bicyclic) bond motifs is 1. The second-order valence-corrected chi connectivity index (χ2v) is 4.79. The topological polar surface area (TPSA) is 89.6 Å². The van der Waals surface area contributed by atoms with Crippen molar-refractivity contribution in [1.82, 2.24) is 19.5 Å². The van der Waals surface area contributed by atoms with E-state index in [1.54, 1.807) is 4.57 Å². The Hall–Kier alpha value is -1.85. The van der Waals surface area contributed by atoms with Gasteiger partial charge in [0.1, 0.15) is 11.8 Å². The minimum atomic E-state index is -0.287. The van der Waals surface area contributed by atoms with E-state index in [-0.39, 0.29) is 11.2 Å². The van der Waals surface area contributed by atoms with Crippen LogP contribution in [0.2, 0.25) is 0 Å². The number of hydrogen-bond acceptors (Lipinski definition) is 4. The van der Waals surface area contributed by atoms with Gasteiger partial charge in [0.2, 0.25) is 0 Å². The van der Waals surface area contributed by atoms with Crippen molar-refractivity contribution >= 4 is 17.0 Å². The molecule has 6 heteroatoms. The SMILES string of the molecule is CCCC(C)(C)n1c(=O)[nH]c2c(N)ncnc21. The Morgan fingerprint density at radius 2 is 2.18 bits per heavy atom. The number of aromatic nitrogens is 4. The summed E-state index contributed by atoms with van der Waals surface area (Å²) in [7, 11) is 0. The number of hydrogen-bond donors (Lipinski definition) is 2. The summed E-state index contributed by atoms with van der Waals surface area (Å²) in [6, 6.07) is 0. The molecule has 2 aromatic rings. The first kappa shape index (κ1) is 11.6. The summed E-state index contributed by atoms with van der Waals surface area (Å²) in [6.45, 7) is 6.12. The molecule has 2 aromatic heterocycles. The average Bonchev–Trinajstić information content (AvgIpc) is 2.56. The number of nitrogens with zero attached hydrogens (tertiary/aromatic N) is 3. The molecule has 3 N–H and O–H groups in total. The van der Waals surface area contributed by atoms with Crippen molar-refractivity contribution < 1.29 is 0 Å². The first-order valence-electron chi connectivity index (χ1n) is 5.69. The predicted octanol–water partition coefficient (Wildman–Crippen LogP) is 1.24. The number of nitrogens with one attached hydrogen (secondary N) is 1. The lowest BCUT2D eigenvalue weighted by atomic mass is 9.99. The van der Waals surface area contributed by atoms with Crippen LogP contribution in [0.15, 0.2) is 11.1 Å². The maximum Gasteiger partial charge on any atom is 0.328 e. The van der Waals surface area contributed by atoms with E-state index < -0.39 is 0 Å².